The number of methoxy groups -OCH3 is 1. The van der Waals surface area contributed by atoms with Gasteiger partial charge in [0.2, 0.25) is 0 Å². The Hall–Kier alpha value is -3.18. The van der Waals surface area contributed by atoms with E-state index in [1.807, 2.05) is 0 Å². The summed E-state index contributed by atoms with van der Waals surface area (Å²) in [5, 5.41) is 14.8. The summed E-state index contributed by atoms with van der Waals surface area (Å²) in [6.45, 7) is 3.52. The maximum absolute atomic E-state index is 13.4. The van der Waals surface area contributed by atoms with Crippen molar-refractivity contribution in [3.8, 4) is 17.0 Å². The fourth-order valence-corrected chi connectivity index (χ4v) is 3.89. The molecule has 1 aromatic carbocycles. The number of fused-ring (bicyclic) bond motifs is 1. The van der Waals surface area contributed by atoms with Crippen LogP contribution in [0.1, 0.15) is 17.7 Å². The van der Waals surface area contributed by atoms with E-state index in [-0.39, 0.29) is 11.4 Å². The van der Waals surface area contributed by atoms with Crippen molar-refractivity contribution in [2.24, 2.45) is 0 Å². The quantitative estimate of drug-likeness (QED) is 0.472. The van der Waals surface area contributed by atoms with Gasteiger partial charge in [-0.1, -0.05) is 0 Å². The van der Waals surface area contributed by atoms with E-state index in [0.717, 1.165) is 44.9 Å². The van der Waals surface area contributed by atoms with Gasteiger partial charge in [-0.15, -0.1) is 0 Å². The molecular formula is C21H22F3N5O3. The number of alkyl halides is 3. The molecule has 1 aliphatic rings. The summed E-state index contributed by atoms with van der Waals surface area (Å²) in [6, 6.07) is 6.75. The number of rotatable bonds is 5. The SMILES string of the molecule is COc1ccc(-c2nc3ccc(C(F)(F)F)cn3c2CN2CCCNCC2)cc1[N+](=O)[O-]. The van der Waals surface area contributed by atoms with Crippen molar-refractivity contribution < 1.29 is 22.8 Å². The lowest BCUT2D eigenvalue weighted by molar-refractivity contribution is -0.385. The highest BCUT2D eigenvalue weighted by Gasteiger charge is 2.32. The standard InChI is InChI=1S/C21H22F3N5O3/c1-32-18-5-3-14(11-16(18)29(30)31)20-17(13-27-9-2-7-25-8-10-27)28-12-15(21(22,23)24)4-6-19(28)26-20/h3-6,11-12,25H,2,7-10,13H2,1H3. The number of benzene rings is 1. The van der Waals surface area contributed by atoms with E-state index in [1.165, 1.54) is 29.7 Å². The summed E-state index contributed by atoms with van der Waals surface area (Å²) < 4.78 is 46.6. The first-order chi connectivity index (χ1) is 15.3. The van der Waals surface area contributed by atoms with Crippen LogP contribution in [0.25, 0.3) is 16.9 Å². The first kappa shape index (κ1) is 22.0. The highest BCUT2D eigenvalue weighted by molar-refractivity contribution is 5.71. The number of pyridine rings is 1. The minimum atomic E-state index is -4.50. The van der Waals surface area contributed by atoms with Gasteiger partial charge >= 0.3 is 11.9 Å². The van der Waals surface area contributed by atoms with Crippen LogP contribution in [0.4, 0.5) is 18.9 Å². The lowest BCUT2D eigenvalue weighted by atomic mass is 10.1. The van der Waals surface area contributed by atoms with Gasteiger partial charge in [0.25, 0.3) is 0 Å². The molecule has 0 saturated carbocycles. The minimum Gasteiger partial charge on any atom is -0.490 e. The Bertz CT molecular complexity index is 1140. The first-order valence-corrected chi connectivity index (χ1v) is 10.1. The Morgan fingerprint density at radius 1 is 1.22 bits per heavy atom. The molecule has 0 atom stereocenters. The number of halogens is 3. The van der Waals surface area contributed by atoms with Crippen molar-refractivity contribution in [3.05, 3.63) is 57.9 Å². The van der Waals surface area contributed by atoms with Gasteiger partial charge in [-0.05, 0) is 43.8 Å². The summed E-state index contributed by atoms with van der Waals surface area (Å²) in [5.74, 6) is 0.0991. The molecule has 0 aliphatic carbocycles. The van der Waals surface area contributed by atoms with Crippen LogP contribution in [0.3, 0.4) is 0 Å². The Labute approximate surface area is 181 Å². The third-order valence-electron chi connectivity index (χ3n) is 5.50. The van der Waals surface area contributed by atoms with Crippen LogP contribution in [0.2, 0.25) is 0 Å². The monoisotopic (exact) mass is 449 g/mol. The van der Waals surface area contributed by atoms with Gasteiger partial charge in [-0.2, -0.15) is 13.2 Å². The van der Waals surface area contributed by atoms with E-state index in [4.69, 9.17) is 4.74 Å². The maximum atomic E-state index is 13.4. The Balaban J connectivity index is 1.87. The second-order valence-electron chi connectivity index (χ2n) is 7.57. The van der Waals surface area contributed by atoms with Crippen LogP contribution in [-0.2, 0) is 12.7 Å². The van der Waals surface area contributed by atoms with Crippen LogP contribution >= 0.6 is 0 Å². The number of nitro benzene ring substituents is 1. The zero-order valence-corrected chi connectivity index (χ0v) is 17.4. The van der Waals surface area contributed by atoms with Crippen LogP contribution in [0.15, 0.2) is 36.5 Å². The number of ether oxygens (including phenoxy) is 1. The fraction of sp³-hybridized carbons (Fsp3) is 0.381. The van der Waals surface area contributed by atoms with Crippen molar-refractivity contribution in [1.82, 2.24) is 19.6 Å². The number of nitrogens with zero attached hydrogens (tertiary/aromatic N) is 4. The van der Waals surface area contributed by atoms with E-state index in [2.05, 4.69) is 15.2 Å². The molecule has 4 rings (SSSR count). The number of hydrogen-bond donors (Lipinski definition) is 1. The first-order valence-electron chi connectivity index (χ1n) is 10.1. The molecule has 3 heterocycles. The van der Waals surface area contributed by atoms with Crippen molar-refractivity contribution in [1.29, 1.82) is 0 Å². The molecule has 0 bridgehead atoms. The summed E-state index contributed by atoms with van der Waals surface area (Å²) in [6.07, 6.45) is -2.55. The highest BCUT2D eigenvalue weighted by Crippen LogP contribution is 2.35. The molecule has 0 amide bonds. The lowest BCUT2D eigenvalue weighted by Crippen LogP contribution is -2.28. The zero-order valence-electron chi connectivity index (χ0n) is 17.4. The topological polar surface area (TPSA) is 84.9 Å². The molecule has 11 heteroatoms. The van der Waals surface area contributed by atoms with Crippen LogP contribution in [-0.4, -0.2) is 52.5 Å². The van der Waals surface area contributed by atoms with Gasteiger partial charge in [0, 0.05) is 37.5 Å². The number of aromatic nitrogens is 2. The Morgan fingerprint density at radius 2 is 2.03 bits per heavy atom. The average Bonchev–Trinajstić information content (AvgIpc) is 2.92. The fourth-order valence-electron chi connectivity index (χ4n) is 3.89. The summed E-state index contributed by atoms with van der Waals surface area (Å²) in [4.78, 5) is 17.6. The average molecular weight is 449 g/mol. The molecule has 8 nitrogen and oxygen atoms in total. The predicted octanol–water partition coefficient (Wildman–Crippen LogP) is 3.73. The van der Waals surface area contributed by atoms with Crippen LogP contribution in [0, 0.1) is 10.1 Å². The van der Waals surface area contributed by atoms with Gasteiger partial charge in [0.15, 0.2) is 5.75 Å². The highest BCUT2D eigenvalue weighted by atomic mass is 19.4. The Kier molecular flexibility index (Phi) is 6.02. The van der Waals surface area contributed by atoms with Crippen LogP contribution in [0.5, 0.6) is 5.75 Å². The molecule has 2 aromatic heterocycles. The largest absolute Gasteiger partial charge is 0.490 e. The number of hydrogen-bond acceptors (Lipinski definition) is 6. The van der Waals surface area contributed by atoms with Gasteiger partial charge in [0.1, 0.15) is 5.65 Å². The van der Waals surface area contributed by atoms with Crippen molar-refractivity contribution in [2.75, 3.05) is 33.3 Å². The summed E-state index contributed by atoms with van der Waals surface area (Å²) in [5.41, 5.74) is 0.725. The van der Waals surface area contributed by atoms with Gasteiger partial charge < -0.3 is 14.5 Å². The van der Waals surface area contributed by atoms with Gasteiger partial charge in [0.05, 0.1) is 29.0 Å². The number of imidazole rings is 1. The smallest absolute Gasteiger partial charge is 0.417 e. The normalized spacial score (nSPS) is 15.6. The molecule has 32 heavy (non-hydrogen) atoms. The van der Waals surface area contributed by atoms with Crippen LogP contribution < -0.4 is 10.1 Å². The van der Waals surface area contributed by atoms with Gasteiger partial charge in [-0.25, -0.2) is 4.98 Å². The van der Waals surface area contributed by atoms with Crippen molar-refractivity contribution >= 4 is 11.3 Å². The molecule has 0 radical (unpaired) electrons. The Morgan fingerprint density at radius 3 is 2.75 bits per heavy atom. The molecule has 3 aromatic rings. The third-order valence-corrected chi connectivity index (χ3v) is 5.50. The van der Waals surface area contributed by atoms with E-state index in [1.54, 1.807) is 6.07 Å². The van der Waals surface area contributed by atoms with Crippen molar-refractivity contribution in [2.45, 2.75) is 19.1 Å². The van der Waals surface area contributed by atoms with E-state index in [9.17, 15) is 23.3 Å². The molecular weight excluding hydrogens is 427 g/mol. The molecule has 1 fully saturated rings. The van der Waals surface area contributed by atoms with Crippen molar-refractivity contribution in [3.63, 3.8) is 0 Å². The summed E-state index contributed by atoms with van der Waals surface area (Å²) >= 11 is 0. The molecule has 1 aliphatic heterocycles. The molecule has 1 saturated heterocycles. The lowest BCUT2D eigenvalue weighted by Gasteiger charge is -2.20. The van der Waals surface area contributed by atoms with E-state index < -0.39 is 16.7 Å². The predicted molar refractivity (Wildman–Crippen MR) is 112 cm³/mol. The van der Waals surface area contributed by atoms with E-state index in [0.29, 0.717) is 29.1 Å². The molecule has 170 valence electrons. The van der Waals surface area contributed by atoms with Gasteiger partial charge in [-0.3, -0.25) is 15.0 Å². The number of nitro groups is 1. The second-order valence-corrected chi connectivity index (χ2v) is 7.57. The summed E-state index contributed by atoms with van der Waals surface area (Å²) in [7, 11) is 1.34. The molecule has 0 spiro atoms. The minimum absolute atomic E-state index is 0.0991. The second kappa shape index (κ2) is 8.75. The third kappa shape index (κ3) is 4.39. The zero-order chi connectivity index (χ0) is 22.9. The maximum Gasteiger partial charge on any atom is 0.417 e. The number of nitrogens with one attached hydrogen (secondary N) is 1. The molecule has 0 unspecified atom stereocenters. The molecule has 1 N–H and O–H groups in total. The van der Waals surface area contributed by atoms with E-state index >= 15 is 0 Å².